The van der Waals surface area contributed by atoms with E-state index in [-0.39, 0.29) is 10.8 Å². The number of rotatable bonds is 4. The van der Waals surface area contributed by atoms with Crippen molar-refractivity contribution in [3.05, 3.63) is 23.6 Å². The lowest BCUT2D eigenvalue weighted by Crippen LogP contribution is -2.37. The minimum absolute atomic E-state index is 0.288. The maximum atomic E-state index is 12.9. The van der Waals surface area contributed by atoms with Gasteiger partial charge in [-0.25, -0.2) is 4.98 Å². The highest BCUT2D eigenvalue weighted by Crippen LogP contribution is 2.53. The topological polar surface area (TPSA) is 62.1 Å². The number of nitrogens with zero attached hydrogens (tertiary/aromatic N) is 6. The second kappa shape index (κ2) is 6.73. The molecule has 11 heteroatoms. The molecular weight excluding hydrogens is 407 g/mol. The Kier molecular flexibility index (Phi) is 4.69. The van der Waals surface area contributed by atoms with Crippen LogP contribution in [0.5, 0.6) is 0 Å². The fourth-order valence-corrected chi connectivity index (χ4v) is 4.79. The first-order valence-electron chi connectivity index (χ1n) is 9.29. The molecule has 2 atom stereocenters. The molecule has 0 bridgehead atoms. The Morgan fingerprint density at radius 1 is 1.14 bits per heavy atom. The molecule has 0 aliphatic carbocycles. The number of hydrogen-bond donors (Lipinski definition) is 1. The highest BCUT2D eigenvalue weighted by molar-refractivity contribution is 6.32. The molecule has 0 radical (unpaired) electrons. The average molecular weight is 430 g/mol. The minimum atomic E-state index is -4.19. The predicted molar refractivity (Wildman–Crippen MR) is 104 cm³/mol. The van der Waals surface area contributed by atoms with E-state index in [1.54, 1.807) is 17.1 Å². The molecule has 0 aromatic carbocycles. The first-order valence-corrected chi connectivity index (χ1v) is 9.67. The van der Waals surface area contributed by atoms with Crippen molar-refractivity contribution in [2.45, 2.75) is 20.0 Å². The number of alkyl halides is 3. The van der Waals surface area contributed by atoms with Gasteiger partial charge in [0.15, 0.2) is 5.82 Å². The van der Waals surface area contributed by atoms with Crippen molar-refractivity contribution in [2.24, 2.45) is 17.9 Å². The lowest BCUT2D eigenvalue weighted by molar-refractivity contribution is -0.144. The van der Waals surface area contributed by atoms with Crippen molar-refractivity contribution < 1.29 is 13.2 Å². The summed E-state index contributed by atoms with van der Waals surface area (Å²) in [4.78, 5) is 12.4. The van der Waals surface area contributed by atoms with Gasteiger partial charge in [-0.3, -0.25) is 9.58 Å². The first kappa shape index (κ1) is 20.2. The molecule has 4 rings (SSSR count). The normalized spacial score (nSPS) is 27.5. The second-order valence-electron chi connectivity index (χ2n) is 8.63. The Hall–Kier alpha value is -2.07. The number of halogens is 4. The SMILES string of the molecule is Cn1cc(Nc2ncc(Cl)c(N3C[C@]4(C)CN(CC(F)(F)F)C[C@]4(C)C3)n2)cn1. The van der Waals surface area contributed by atoms with Gasteiger partial charge < -0.3 is 10.2 Å². The molecule has 158 valence electrons. The van der Waals surface area contributed by atoms with Crippen LogP contribution in [0.1, 0.15) is 13.8 Å². The van der Waals surface area contributed by atoms with Crippen molar-refractivity contribution >= 4 is 29.1 Å². The molecule has 2 aliphatic rings. The van der Waals surface area contributed by atoms with Gasteiger partial charge in [0.05, 0.1) is 24.6 Å². The third-order valence-corrected chi connectivity index (χ3v) is 6.34. The summed E-state index contributed by atoms with van der Waals surface area (Å²) in [5.41, 5.74) is 0.174. The molecule has 0 spiro atoms. The van der Waals surface area contributed by atoms with E-state index in [1.807, 2.05) is 20.9 Å². The van der Waals surface area contributed by atoms with Crippen LogP contribution in [0.3, 0.4) is 0 Å². The van der Waals surface area contributed by atoms with Crippen molar-refractivity contribution in [2.75, 3.05) is 42.9 Å². The van der Waals surface area contributed by atoms with E-state index in [2.05, 4.69) is 25.3 Å². The van der Waals surface area contributed by atoms with Crippen LogP contribution < -0.4 is 10.2 Å². The Morgan fingerprint density at radius 2 is 1.79 bits per heavy atom. The zero-order valence-electron chi connectivity index (χ0n) is 16.5. The summed E-state index contributed by atoms with van der Waals surface area (Å²) in [6.07, 6.45) is 0.815. The Bertz CT molecular complexity index is 897. The van der Waals surface area contributed by atoms with E-state index < -0.39 is 12.7 Å². The van der Waals surface area contributed by atoms with E-state index in [0.29, 0.717) is 43.0 Å². The molecule has 0 amide bonds. The largest absolute Gasteiger partial charge is 0.401 e. The predicted octanol–water partition coefficient (Wildman–Crippen LogP) is 3.32. The van der Waals surface area contributed by atoms with Crippen LogP contribution in [0.25, 0.3) is 0 Å². The summed E-state index contributed by atoms with van der Waals surface area (Å²) in [7, 11) is 1.81. The number of nitrogens with one attached hydrogen (secondary N) is 1. The molecule has 0 unspecified atom stereocenters. The summed E-state index contributed by atoms with van der Waals surface area (Å²) in [5.74, 6) is 0.982. The minimum Gasteiger partial charge on any atom is -0.354 e. The Balaban J connectivity index is 1.53. The van der Waals surface area contributed by atoms with Gasteiger partial charge in [0.1, 0.15) is 5.02 Å². The third-order valence-electron chi connectivity index (χ3n) is 6.07. The van der Waals surface area contributed by atoms with Crippen molar-refractivity contribution in [1.82, 2.24) is 24.6 Å². The molecule has 2 fully saturated rings. The van der Waals surface area contributed by atoms with Crippen LogP contribution >= 0.6 is 11.6 Å². The zero-order valence-corrected chi connectivity index (χ0v) is 17.2. The van der Waals surface area contributed by atoms with Crippen molar-refractivity contribution in [1.29, 1.82) is 0 Å². The standard InChI is InChI=1S/C18H23ClF3N7/c1-16-7-28(11-18(20,21)22)8-17(16,2)10-29(9-16)14-13(19)5-23-15(26-14)25-12-4-24-27(3)6-12/h4-6H,7-11H2,1-3H3,(H,23,25,26)/t16-,17+. The molecule has 4 heterocycles. The van der Waals surface area contributed by atoms with Crippen LogP contribution in [0, 0.1) is 10.8 Å². The molecule has 0 saturated carbocycles. The molecule has 2 saturated heterocycles. The molecular formula is C18H23ClF3N7. The fourth-order valence-electron chi connectivity index (χ4n) is 4.57. The summed E-state index contributed by atoms with van der Waals surface area (Å²) < 4.78 is 40.2. The van der Waals surface area contributed by atoms with Gasteiger partial charge >= 0.3 is 6.18 Å². The van der Waals surface area contributed by atoms with E-state index in [9.17, 15) is 13.2 Å². The quantitative estimate of drug-likeness (QED) is 0.804. The lowest BCUT2D eigenvalue weighted by atomic mass is 9.71. The van der Waals surface area contributed by atoms with E-state index in [1.165, 1.54) is 11.1 Å². The molecule has 2 aliphatic heterocycles. The number of fused-ring (bicyclic) bond motifs is 1. The van der Waals surface area contributed by atoms with Crippen LogP contribution in [-0.2, 0) is 7.05 Å². The Labute approximate surface area is 171 Å². The maximum Gasteiger partial charge on any atom is 0.401 e. The first-order chi connectivity index (χ1) is 13.5. The number of aryl methyl sites for hydroxylation is 1. The highest BCUT2D eigenvalue weighted by Gasteiger charge is 2.58. The summed E-state index contributed by atoms with van der Waals surface area (Å²) in [5, 5.41) is 7.61. The monoisotopic (exact) mass is 429 g/mol. The summed E-state index contributed by atoms with van der Waals surface area (Å²) in [6, 6.07) is 0. The van der Waals surface area contributed by atoms with Gasteiger partial charge in [0.2, 0.25) is 5.95 Å². The van der Waals surface area contributed by atoms with E-state index >= 15 is 0 Å². The molecule has 7 nitrogen and oxygen atoms in total. The van der Waals surface area contributed by atoms with Crippen LogP contribution in [0.4, 0.5) is 30.6 Å². The van der Waals surface area contributed by atoms with Gasteiger partial charge in [-0.05, 0) is 0 Å². The number of hydrogen-bond acceptors (Lipinski definition) is 6. The van der Waals surface area contributed by atoms with E-state index in [0.717, 1.165) is 5.69 Å². The van der Waals surface area contributed by atoms with Gasteiger partial charge in [-0.1, -0.05) is 25.4 Å². The molecule has 2 aromatic heterocycles. The van der Waals surface area contributed by atoms with E-state index in [4.69, 9.17) is 11.6 Å². The van der Waals surface area contributed by atoms with Gasteiger partial charge in [-0.2, -0.15) is 23.3 Å². The summed E-state index contributed by atoms with van der Waals surface area (Å²) in [6.45, 7) is 5.18. The average Bonchev–Trinajstić information content (AvgIpc) is 3.15. The maximum absolute atomic E-state index is 12.9. The highest BCUT2D eigenvalue weighted by atomic mass is 35.5. The Morgan fingerprint density at radius 3 is 2.34 bits per heavy atom. The van der Waals surface area contributed by atoms with Gasteiger partial charge in [-0.15, -0.1) is 0 Å². The molecule has 1 N–H and O–H groups in total. The zero-order chi connectivity index (χ0) is 21.0. The van der Waals surface area contributed by atoms with Crippen LogP contribution in [0.2, 0.25) is 5.02 Å². The summed E-state index contributed by atoms with van der Waals surface area (Å²) >= 11 is 6.38. The van der Waals surface area contributed by atoms with Crippen molar-refractivity contribution in [3.63, 3.8) is 0 Å². The van der Waals surface area contributed by atoms with Crippen molar-refractivity contribution in [3.8, 4) is 0 Å². The molecule has 29 heavy (non-hydrogen) atoms. The number of likely N-dealkylation sites (tertiary alicyclic amines) is 1. The molecule has 2 aromatic rings. The van der Waals surface area contributed by atoms with Crippen LogP contribution in [-0.4, -0.2) is 63.5 Å². The number of anilines is 3. The fraction of sp³-hybridized carbons (Fsp3) is 0.611. The lowest BCUT2D eigenvalue weighted by Gasteiger charge is -2.30. The number of aromatic nitrogens is 4. The van der Waals surface area contributed by atoms with Gasteiger partial charge in [0, 0.05) is 50.3 Å². The van der Waals surface area contributed by atoms with Gasteiger partial charge in [0.25, 0.3) is 0 Å². The smallest absolute Gasteiger partial charge is 0.354 e. The van der Waals surface area contributed by atoms with Crippen LogP contribution in [0.15, 0.2) is 18.6 Å². The second-order valence-corrected chi connectivity index (χ2v) is 9.04. The third kappa shape index (κ3) is 3.87.